The van der Waals surface area contributed by atoms with Gasteiger partial charge in [0.15, 0.2) is 11.5 Å². The van der Waals surface area contributed by atoms with E-state index in [1.807, 2.05) is 0 Å². The number of nitro benzene ring substituents is 2. The number of carbonyl (C=O) groups is 3. The molecule has 0 bridgehead atoms. The first-order chi connectivity index (χ1) is 24.9. The zero-order valence-electron chi connectivity index (χ0n) is 27.2. The summed E-state index contributed by atoms with van der Waals surface area (Å²) in [5, 5.41) is 24.3. The first-order valence-electron chi connectivity index (χ1n) is 14.4. The van der Waals surface area contributed by atoms with Crippen molar-refractivity contribution in [3.8, 4) is 23.0 Å². The van der Waals surface area contributed by atoms with Crippen LogP contribution in [-0.2, 0) is 25.5 Å². The van der Waals surface area contributed by atoms with E-state index >= 15 is 0 Å². The number of benzene rings is 4. The lowest BCUT2D eigenvalue weighted by atomic mass is 10.1. The lowest BCUT2D eigenvalue weighted by Crippen LogP contribution is -2.30. The molecule has 0 saturated heterocycles. The van der Waals surface area contributed by atoms with Gasteiger partial charge in [-0.2, -0.15) is 0 Å². The Morgan fingerprint density at radius 3 is 1.58 bits per heavy atom. The van der Waals surface area contributed by atoms with Gasteiger partial charge in [-0.1, -0.05) is 46.4 Å². The highest BCUT2D eigenvalue weighted by Crippen LogP contribution is 2.40. The standard InChI is InChI=1S/C16H13Cl2FN2O5.C16H13Cl2N3O6/c1-25-16(22)12(19)6-8-4-10(17)15(11(18)5-8)26-9-2-3-13(20)14(7-9)21(23)24;1-26-14(22)7-20-16(23)8-4-10(17)15(11(18)5-8)27-9-2-3-12(19)13(6-9)21(24)25/h2-5,7,12H,6,20H2,1H3;2-6H,7,19H2,1H3,(H,20,23). The number of anilines is 2. The molecule has 53 heavy (non-hydrogen) atoms. The highest BCUT2D eigenvalue weighted by molar-refractivity contribution is 6.38. The number of hydrogen-bond donors (Lipinski definition) is 3. The van der Waals surface area contributed by atoms with Gasteiger partial charge < -0.3 is 35.7 Å². The van der Waals surface area contributed by atoms with Crippen LogP contribution < -0.4 is 26.3 Å². The number of nitrogens with one attached hydrogen (secondary N) is 1. The van der Waals surface area contributed by atoms with E-state index in [1.54, 1.807) is 0 Å². The predicted molar refractivity (Wildman–Crippen MR) is 193 cm³/mol. The van der Waals surface area contributed by atoms with Crippen molar-refractivity contribution in [3.05, 3.63) is 112 Å². The van der Waals surface area contributed by atoms with Crippen LogP contribution in [0.2, 0.25) is 20.1 Å². The van der Waals surface area contributed by atoms with Crippen LogP contribution in [-0.4, -0.2) is 54.6 Å². The Balaban J connectivity index is 0.000000286. The number of esters is 2. The molecule has 4 rings (SSSR count). The van der Waals surface area contributed by atoms with Crippen LogP contribution in [0.4, 0.5) is 27.1 Å². The molecule has 4 aromatic carbocycles. The summed E-state index contributed by atoms with van der Waals surface area (Å²) in [6.07, 6.45) is -2.14. The maximum absolute atomic E-state index is 13.7. The summed E-state index contributed by atoms with van der Waals surface area (Å²) in [6.45, 7) is -0.322. The fourth-order valence-electron chi connectivity index (χ4n) is 4.09. The van der Waals surface area contributed by atoms with Crippen molar-refractivity contribution in [2.24, 2.45) is 0 Å². The smallest absolute Gasteiger partial charge is 0.340 e. The number of carbonyl (C=O) groups excluding carboxylic acids is 3. The van der Waals surface area contributed by atoms with Gasteiger partial charge in [0.2, 0.25) is 6.17 Å². The Bertz CT molecular complexity index is 2030. The van der Waals surface area contributed by atoms with Gasteiger partial charge in [0, 0.05) is 12.0 Å². The third-order valence-corrected chi connectivity index (χ3v) is 7.77. The fourth-order valence-corrected chi connectivity index (χ4v) is 5.26. The molecule has 0 spiro atoms. The molecule has 0 aliphatic rings. The van der Waals surface area contributed by atoms with Crippen LogP contribution >= 0.6 is 46.4 Å². The minimum Gasteiger partial charge on any atom is -0.468 e. The number of hydrogen-bond acceptors (Lipinski definition) is 13. The van der Waals surface area contributed by atoms with E-state index in [4.69, 9.17) is 67.3 Å². The van der Waals surface area contributed by atoms with Crippen molar-refractivity contribution >= 4 is 87.0 Å². The van der Waals surface area contributed by atoms with Gasteiger partial charge in [-0.05, 0) is 54.1 Å². The Morgan fingerprint density at radius 2 is 1.19 bits per heavy atom. The third-order valence-electron chi connectivity index (χ3n) is 6.65. The number of nitrogen functional groups attached to an aromatic ring is 2. The van der Waals surface area contributed by atoms with E-state index in [9.17, 15) is 39.0 Å². The zero-order valence-corrected chi connectivity index (χ0v) is 30.2. The summed E-state index contributed by atoms with van der Waals surface area (Å²) in [5.74, 6) is -2.01. The topological polar surface area (TPSA) is 238 Å². The van der Waals surface area contributed by atoms with Gasteiger partial charge in [-0.3, -0.25) is 29.8 Å². The molecule has 0 aromatic heterocycles. The van der Waals surface area contributed by atoms with Crippen LogP contribution in [0.5, 0.6) is 23.0 Å². The Labute approximate surface area is 318 Å². The largest absolute Gasteiger partial charge is 0.468 e. The van der Waals surface area contributed by atoms with Crippen LogP contribution in [0, 0.1) is 20.2 Å². The second-order valence-corrected chi connectivity index (χ2v) is 11.9. The van der Waals surface area contributed by atoms with E-state index < -0.39 is 33.9 Å². The Hall–Kier alpha value is -5.62. The fraction of sp³-hybridized carbons (Fsp3) is 0.156. The molecular formula is C32H26Cl4FN5O11. The van der Waals surface area contributed by atoms with E-state index in [1.165, 1.54) is 55.6 Å². The SMILES string of the molecule is COC(=O)C(F)Cc1cc(Cl)c(Oc2ccc(N)c([N+](=O)[O-])c2)c(Cl)c1.COC(=O)CNC(=O)c1cc(Cl)c(Oc2ccc(N)c([N+](=O)[O-])c2)c(Cl)c1. The zero-order chi connectivity index (χ0) is 39.6. The molecule has 1 amide bonds. The molecule has 0 heterocycles. The van der Waals surface area contributed by atoms with Gasteiger partial charge >= 0.3 is 11.9 Å². The molecule has 0 fully saturated rings. The summed E-state index contributed by atoms with van der Waals surface area (Å²) in [4.78, 5) is 54.8. The van der Waals surface area contributed by atoms with Crippen molar-refractivity contribution < 1.29 is 47.6 Å². The second kappa shape index (κ2) is 18.7. The highest BCUT2D eigenvalue weighted by Gasteiger charge is 2.22. The molecule has 0 saturated carbocycles. The second-order valence-electron chi connectivity index (χ2n) is 10.3. The van der Waals surface area contributed by atoms with Gasteiger partial charge in [-0.15, -0.1) is 0 Å². The van der Waals surface area contributed by atoms with Crippen molar-refractivity contribution in [2.45, 2.75) is 12.6 Å². The average Bonchev–Trinajstić information content (AvgIpc) is 3.10. The van der Waals surface area contributed by atoms with Crippen molar-refractivity contribution in [3.63, 3.8) is 0 Å². The molecule has 1 unspecified atom stereocenters. The molecule has 16 nitrogen and oxygen atoms in total. The molecular weight excluding hydrogens is 791 g/mol. The number of nitrogens with zero attached hydrogens (tertiary/aromatic N) is 2. The molecule has 1 atom stereocenters. The number of ether oxygens (including phenoxy) is 4. The number of methoxy groups -OCH3 is 2. The normalized spacial score (nSPS) is 10.9. The molecule has 21 heteroatoms. The van der Waals surface area contributed by atoms with Crippen LogP contribution in [0.15, 0.2) is 60.7 Å². The number of halogens is 5. The van der Waals surface area contributed by atoms with E-state index in [0.717, 1.165) is 19.2 Å². The van der Waals surface area contributed by atoms with Crippen molar-refractivity contribution in [1.82, 2.24) is 5.32 Å². The minimum atomic E-state index is -1.86. The summed E-state index contributed by atoms with van der Waals surface area (Å²) in [6, 6.07) is 13.0. The number of rotatable bonds is 12. The minimum absolute atomic E-state index is 0.00178. The first-order valence-corrected chi connectivity index (χ1v) is 15.9. The lowest BCUT2D eigenvalue weighted by molar-refractivity contribution is -0.384. The molecule has 0 aliphatic carbocycles. The van der Waals surface area contributed by atoms with Crippen LogP contribution in [0.25, 0.3) is 0 Å². The molecule has 4 aromatic rings. The summed E-state index contributed by atoms with van der Waals surface area (Å²) in [5.41, 5.74) is 10.8. The summed E-state index contributed by atoms with van der Waals surface area (Å²) < 4.78 is 33.4. The first kappa shape index (κ1) is 41.8. The van der Waals surface area contributed by atoms with E-state index in [0.29, 0.717) is 5.56 Å². The maximum atomic E-state index is 13.7. The van der Waals surface area contributed by atoms with Crippen LogP contribution in [0.3, 0.4) is 0 Å². The quantitative estimate of drug-likeness (QED) is 0.0544. The van der Waals surface area contributed by atoms with Gasteiger partial charge in [0.1, 0.15) is 29.4 Å². The number of alkyl halides is 1. The van der Waals surface area contributed by atoms with Crippen molar-refractivity contribution in [1.29, 1.82) is 0 Å². The molecule has 0 radical (unpaired) electrons. The molecule has 280 valence electrons. The molecule has 0 aliphatic heterocycles. The number of nitrogens with two attached hydrogens (primary N) is 2. The van der Waals surface area contributed by atoms with Gasteiger partial charge in [0.05, 0.1) is 56.3 Å². The maximum Gasteiger partial charge on any atom is 0.340 e. The van der Waals surface area contributed by atoms with Crippen LogP contribution in [0.1, 0.15) is 15.9 Å². The molecule has 5 N–H and O–H groups in total. The van der Waals surface area contributed by atoms with Crippen molar-refractivity contribution in [2.75, 3.05) is 32.2 Å². The highest BCUT2D eigenvalue weighted by atomic mass is 35.5. The number of nitro groups is 2. The van der Waals surface area contributed by atoms with Gasteiger partial charge in [-0.25, -0.2) is 9.18 Å². The third kappa shape index (κ3) is 11.4. The van der Waals surface area contributed by atoms with E-state index in [-0.39, 0.29) is 84.4 Å². The average molecular weight is 817 g/mol. The number of amides is 1. The monoisotopic (exact) mass is 815 g/mol. The Morgan fingerprint density at radius 1 is 0.755 bits per heavy atom. The summed E-state index contributed by atoms with van der Waals surface area (Å²) >= 11 is 24.4. The summed E-state index contributed by atoms with van der Waals surface area (Å²) in [7, 11) is 2.27. The Kier molecular flexibility index (Phi) is 14.8. The van der Waals surface area contributed by atoms with Gasteiger partial charge in [0.25, 0.3) is 17.3 Å². The van der Waals surface area contributed by atoms with E-state index in [2.05, 4.69) is 14.8 Å². The lowest BCUT2D eigenvalue weighted by Gasteiger charge is -2.13. The predicted octanol–water partition coefficient (Wildman–Crippen LogP) is 7.51.